The lowest BCUT2D eigenvalue weighted by Gasteiger charge is -2.09. The smallest absolute Gasteiger partial charge is 0.336 e. The largest absolute Gasteiger partial charge is 0.478 e. The fraction of sp³-hybridized carbons (Fsp3) is 0. The summed E-state index contributed by atoms with van der Waals surface area (Å²) in [4.78, 5) is 16.6. The van der Waals surface area contributed by atoms with Crippen LogP contribution in [0.4, 0.5) is 0 Å². The van der Waals surface area contributed by atoms with Gasteiger partial charge in [-0.05, 0) is 41.5 Å². The van der Waals surface area contributed by atoms with Crippen LogP contribution in [0.25, 0.3) is 33.0 Å². The molecule has 0 saturated heterocycles. The first-order valence-electron chi connectivity index (χ1n) is 8.86. The molecule has 3 aromatic carbocycles. The van der Waals surface area contributed by atoms with Crippen LogP contribution in [-0.4, -0.2) is 16.1 Å². The van der Waals surface area contributed by atoms with Gasteiger partial charge in [0.15, 0.2) is 0 Å². The van der Waals surface area contributed by atoms with Gasteiger partial charge in [-0.3, -0.25) is 0 Å². The lowest BCUT2D eigenvalue weighted by atomic mass is 9.97. The first-order chi connectivity index (χ1) is 14.9. The quantitative estimate of drug-likeness (QED) is 0.322. The van der Waals surface area contributed by atoms with E-state index in [0.717, 1.165) is 11.3 Å². The van der Waals surface area contributed by atoms with Crippen molar-refractivity contribution in [3.05, 3.63) is 86.2 Å². The van der Waals surface area contributed by atoms with Gasteiger partial charge in [0.1, 0.15) is 11.1 Å². The average molecular weight is 486 g/mol. The topological polar surface area (TPSA) is 74.0 Å². The average Bonchev–Trinajstić information content (AvgIpc) is 3.25. The number of halogens is 3. The van der Waals surface area contributed by atoms with E-state index in [2.05, 4.69) is 4.98 Å². The number of nitrogens with zero attached hydrogens (tertiary/aromatic N) is 2. The maximum atomic E-state index is 12.0. The summed E-state index contributed by atoms with van der Waals surface area (Å²) in [5.41, 5.74) is 3.78. The predicted octanol–water partition coefficient (Wildman–Crippen LogP) is 7.67. The van der Waals surface area contributed by atoms with Crippen molar-refractivity contribution in [2.24, 2.45) is 0 Å². The third-order valence-corrected chi connectivity index (χ3v) is 6.56. The Morgan fingerprint density at radius 1 is 0.903 bits per heavy atom. The molecule has 0 unspecified atom stereocenters. The second-order valence-corrected chi connectivity index (χ2v) is 8.62. The van der Waals surface area contributed by atoms with Crippen LogP contribution in [0.15, 0.2) is 60.0 Å². The van der Waals surface area contributed by atoms with E-state index in [0.29, 0.717) is 37.3 Å². The fourth-order valence-corrected chi connectivity index (χ4v) is 4.42. The third kappa shape index (κ3) is 4.30. The van der Waals surface area contributed by atoms with Crippen LogP contribution in [0.2, 0.25) is 15.1 Å². The fourth-order valence-electron chi connectivity index (χ4n) is 3.07. The Hall–Kier alpha value is -2.88. The summed E-state index contributed by atoms with van der Waals surface area (Å²) in [6.45, 7) is 0. The maximum Gasteiger partial charge on any atom is 0.336 e. The standard InChI is InChI=1S/C23H11Cl3N2O2S/c24-18-6-4-13(9-20(18)26)21-11-31-22(28-21)14-3-5-16(17(7-14)23(29)30)12-1-2-15(10-27)19(25)8-12/h1-9,11H,(H,29,30). The molecular formula is C23H11Cl3N2O2S. The maximum absolute atomic E-state index is 12.0. The van der Waals surface area contributed by atoms with E-state index in [1.54, 1.807) is 42.5 Å². The molecule has 0 amide bonds. The molecular weight excluding hydrogens is 475 g/mol. The third-order valence-electron chi connectivity index (χ3n) is 4.62. The molecule has 0 aliphatic carbocycles. The number of hydrogen-bond donors (Lipinski definition) is 1. The molecule has 31 heavy (non-hydrogen) atoms. The predicted molar refractivity (Wildman–Crippen MR) is 125 cm³/mol. The van der Waals surface area contributed by atoms with Crippen molar-refractivity contribution in [3.8, 4) is 39.0 Å². The highest BCUT2D eigenvalue weighted by molar-refractivity contribution is 7.13. The van der Waals surface area contributed by atoms with E-state index in [9.17, 15) is 9.90 Å². The molecule has 0 spiro atoms. The van der Waals surface area contributed by atoms with Crippen LogP contribution < -0.4 is 0 Å². The second kappa shape index (κ2) is 8.70. The van der Waals surface area contributed by atoms with Gasteiger partial charge >= 0.3 is 5.97 Å². The van der Waals surface area contributed by atoms with Gasteiger partial charge in [-0.2, -0.15) is 5.26 Å². The first-order valence-corrected chi connectivity index (χ1v) is 10.9. The number of aromatic nitrogens is 1. The zero-order valence-electron chi connectivity index (χ0n) is 15.6. The van der Waals surface area contributed by atoms with E-state index in [1.807, 2.05) is 23.6 Å². The zero-order valence-corrected chi connectivity index (χ0v) is 18.6. The summed E-state index contributed by atoms with van der Waals surface area (Å²) < 4.78 is 0. The zero-order chi connectivity index (χ0) is 22.1. The Bertz CT molecular complexity index is 1380. The van der Waals surface area contributed by atoms with Crippen LogP contribution in [0.3, 0.4) is 0 Å². The van der Waals surface area contributed by atoms with Gasteiger partial charge in [0, 0.05) is 16.5 Å². The molecule has 8 heteroatoms. The highest BCUT2D eigenvalue weighted by Crippen LogP contribution is 2.35. The molecule has 1 N–H and O–H groups in total. The summed E-state index contributed by atoms with van der Waals surface area (Å²) in [5, 5.41) is 22.6. The normalized spacial score (nSPS) is 10.6. The van der Waals surface area contributed by atoms with E-state index in [4.69, 9.17) is 40.1 Å². The summed E-state index contributed by atoms with van der Waals surface area (Å²) in [7, 11) is 0. The highest BCUT2D eigenvalue weighted by atomic mass is 35.5. The number of benzene rings is 3. The molecule has 4 nitrogen and oxygen atoms in total. The molecule has 0 aliphatic heterocycles. The minimum atomic E-state index is -1.07. The Labute approximate surface area is 196 Å². The summed E-state index contributed by atoms with van der Waals surface area (Å²) in [6.07, 6.45) is 0. The molecule has 1 heterocycles. The van der Waals surface area contributed by atoms with Gasteiger partial charge in [0.05, 0.1) is 31.9 Å². The van der Waals surface area contributed by atoms with Gasteiger partial charge in [-0.1, -0.05) is 59.1 Å². The summed E-state index contributed by atoms with van der Waals surface area (Å²) >= 11 is 19.6. The van der Waals surface area contributed by atoms with Gasteiger partial charge in [0.25, 0.3) is 0 Å². The minimum absolute atomic E-state index is 0.115. The highest BCUT2D eigenvalue weighted by Gasteiger charge is 2.16. The number of aromatic carboxylic acids is 1. The molecule has 1 aromatic heterocycles. The number of rotatable bonds is 4. The van der Waals surface area contributed by atoms with Gasteiger partial charge in [0.2, 0.25) is 0 Å². The number of carboxylic acids is 1. The molecule has 0 fully saturated rings. The summed E-state index contributed by atoms with van der Waals surface area (Å²) in [5.74, 6) is -1.07. The van der Waals surface area contributed by atoms with Gasteiger partial charge in [-0.15, -0.1) is 11.3 Å². The number of carbonyl (C=O) groups is 1. The minimum Gasteiger partial charge on any atom is -0.478 e. The van der Waals surface area contributed by atoms with Crippen molar-refractivity contribution in [1.29, 1.82) is 5.26 Å². The molecule has 152 valence electrons. The van der Waals surface area contributed by atoms with Crippen molar-refractivity contribution >= 4 is 52.1 Å². The number of nitriles is 1. The van der Waals surface area contributed by atoms with Crippen LogP contribution in [0, 0.1) is 11.3 Å². The molecule has 0 atom stereocenters. The van der Waals surface area contributed by atoms with E-state index >= 15 is 0 Å². The van der Waals surface area contributed by atoms with E-state index in [1.165, 1.54) is 11.3 Å². The van der Waals surface area contributed by atoms with Crippen LogP contribution in [-0.2, 0) is 0 Å². The molecule has 4 aromatic rings. The second-order valence-electron chi connectivity index (χ2n) is 6.54. The molecule has 0 aliphatic rings. The van der Waals surface area contributed by atoms with Gasteiger partial charge in [-0.25, -0.2) is 9.78 Å². The Morgan fingerprint density at radius 3 is 2.29 bits per heavy atom. The van der Waals surface area contributed by atoms with Crippen molar-refractivity contribution in [2.75, 3.05) is 0 Å². The lowest BCUT2D eigenvalue weighted by Crippen LogP contribution is -2.00. The van der Waals surface area contributed by atoms with Crippen LogP contribution in [0.5, 0.6) is 0 Å². The monoisotopic (exact) mass is 484 g/mol. The Balaban J connectivity index is 1.74. The number of carboxylic acid groups (broad SMARTS) is 1. The van der Waals surface area contributed by atoms with E-state index < -0.39 is 5.97 Å². The van der Waals surface area contributed by atoms with Crippen molar-refractivity contribution < 1.29 is 9.90 Å². The molecule has 4 rings (SSSR count). The van der Waals surface area contributed by atoms with E-state index in [-0.39, 0.29) is 10.6 Å². The molecule has 0 saturated carbocycles. The number of thiazole rings is 1. The van der Waals surface area contributed by atoms with Crippen molar-refractivity contribution in [1.82, 2.24) is 4.98 Å². The van der Waals surface area contributed by atoms with Crippen molar-refractivity contribution in [3.63, 3.8) is 0 Å². The first kappa shape index (κ1) is 21.4. The van der Waals surface area contributed by atoms with Crippen LogP contribution >= 0.6 is 46.1 Å². The van der Waals surface area contributed by atoms with Crippen molar-refractivity contribution in [2.45, 2.75) is 0 Å². The lowest BCUT2D eigenvalue weighted by molar-refractivity contribution is 0.0698. The Kier molecular flexibility index (Phi) is 5.99. The molecule has 0 radical (unpaired) electrons. The SMILES string of the molecule is N#Cc1ccc(-c2ccc(-c3nc(-c4ccc(Cl)c(Cl)c4)cs3)cc2C(=O)O)cc1Cl. The van der Waals surface area contributed by atoms with Gasteiger partial charge < -0.3 is 5.11 Å². The summed E-state index contributed by atoms with van der Waals surface area (Å²) in [6, 6.07) is 17.2. The van der Waals surface area contributed by atoms with Crippen LogP contribution in [0.1, 0.15) is 15.9 Å². The number of hydrogen-bond acceptors (Lipinski definition) is 4. The Morgan fingerprint density at radius 2 is 1.61 bits per heavy atom. The molecule has 0 bridgehead atoms.